The van der Waals surface area contributed by atoms with Crippen molar-refractivity contribution in [3.63, 3.8) is 0 Å². The molecule has 0 bridgehead atoms. The highest BCUT2D eigenvalue weighted by Gasteiger charge is 2.53. The quantitative estimate of drug-likeness (QED) is 0.553. The summed E-state index contributed by atoms with van der Waals surface area (Å²) in [6, 6.07) is 7.19. The molecule has 0 saturated carbocycles. The second-order valence-electron chi connectivity index (χ2n) is 7.85. The predicted octanol–water partition coefficient (Wildman–Crippen LogP) is 0.958. The van der Waals surface area contributed by atoms with Crippen LogP contribution in [0.4, 0.5) is 0 Å². The molecule has 3 rings (SSSR count). The molecular weight excluding hydrogens is 404 g/mol. The normalized spacial score (nSPS) is 21.7. The number of benzene rings is 1. The minimum Gasteiger partial charge on any atom is -0.480 e. The highest BCUT2D eigenvalue weighted by Crippen LogP contribution is 2.35. The Morgan fingerprint density at radius 2 is 1.94 bits per heavy atom. The summed E-state index contributed by atoms with van der Waals surface area (Å²) in [5.74, 6) is -3.03. The van der Waals surface area contributed by atoms with Gasteiger partial charge in [-0.05, 0) is 32.3 Å². The molecule has 0 radical (unpaired) electrons. The summed E-state index contributed by atoms with van der Waals surface area (Å²) in [5.41, 5.74) is 1.07. The summed E-state index contributed by atoms with van der Waals surface area (Å²) < 4.78 is 16.4. The number of hydrogen-bond donors (Lipinski definition) is 2. The van der Waals surface area contributed by atoms with E-state index in [2.05, 4.69) is 5.32 Å². The number of carboxylic acid groups (broad SMARTS) is 1. The molecule has 2 unspecified atom stereocenters. The Balaban J connectivity index is 1.67. The van der Waals surface area contributed by atoms with Crippen LogP contribution in [0.1, 0.15) is 32.3 Å². The van der Waals surface area contributed by atoms with Crippen LogP contribution in [-0.2, 0) is 35.0 Å². The zero-order valence-electron chi connectivity index (χ0n) is 17.9. The van der Waals surface area contributed by atoms with E-state index in [1.54, 1.807) is 13.8 Å². The lowest BCUT2D eigenvalue weighted by Gasteiger charge is -2.28. The SMILES string of the molecule is CCOC(=O)C(CCc1ccccc1)N[C@@H](C)C(=O)N1CC2(CC1C(=O)O)OCCO2. The van der Waals surface area contributed by atoms with Crippen LogP contribution in [0.2, 0.25) is 0 Å². The highest BCUT2D eigenvalue weighted by atomic mass is 16.7. The van der Waals surface area contributed by atoms with Gasteiger partial charge in [-0.25, -0.2) is 4.79 Å². The molecule has 9 nitrogen and oxygen atoms in total. The van der Waals surface area contributed by atoms with Crippen molar-refractivity contribution in [3.05, 3.63) is 35.9 Å². The van der Waals surface area contributed by atoms with Crippen molar-refractivity contribution >= 4 is 17.8 Å². The van der Waals surface area contributed by atoms with E-state index in [4.69, 9.17) is 14.2 Å². The van der Waals surface area contributed by atoms with E-state index >= 15 is 0 Å². The molecule has 2 saturated heterocycles. The van der Waals surface area contributed by atoms with Crippen LogP contribution in [0.15, 0.2) is 30.3 Å². The largest absolute Gasteiger partial charge is 0.480 e. The highest BCUT2D eigenvalue weighted by molar-refractivity contribution is 5.88. The van der Waals surface area contributed by atoms with Crippen LogP contribution in [0, 0.1) is 0 Å². The third-order valence-corrected chi connectivity index (χ3v) is 5.63. The van der Waals surface area contributed by atoms with Crippen molar-refractivity contribution in [2.75, 3.05) is 26.4 Å². The molecule has 2 aliphatic heterocycles. The van der Waals surface area contributed by atoms with Gasteiger partial charge in [-0.15, -0.1) is 0 Å². The summed E-state index contributed by atoms with van der Waals surface area (Å²) in [6.07, 6.45) is 1.15. The fraction of sp³-hybridized carbons (Fsp3) is 0.591. The van der Waals surface area contributed by atoms with Crippen LogP contribution in [0.25, 0.3) is 0 Å². The standard InChI is InChI=1S/C22H30N2O7/c1-3-29-21(28)17(10-9-16-7-5-4-6-8-16)23-15(2)19(25)24-14-22(30-11-12-31-22)13-18(24)20(26)27/h4-8,15,17-18,23H,3,9-14H2,1-2H3,(H,26,27)/t15-,17?,18?/m0/s1. The number of carbonyl (C=O) groups excluding carboxylic acids is 2. The van der Waals surface area contributed by atoms with E-state index in [-0.39, 0.29) is 19.6 Å². The Morgan fingerprint density at radius 1 is 1.26 bits per heavy atom. The summed E-state index contributed by atoms with van der Waals surface area (Å²) in [5, 5.41) is 12.7. The molecule has 2 fully saturated rings. The number of aryl methyl sites for hydroxylation is 1. The fourth-order valence-corrected chi connectivity index (χ4v) is 4.09. The van der Waals surface area contributed by atoms with Crippen LogP contribution in [0.5, 0.6) is 0 Å². The predicted molar refractivity (Wildman–Crippen MR) is 110 cm³/mol. The van der Waals surface area contributed by atoms with Crippen molar-refractivity contribution in [2.45, 2.75) is 57.0 Å². The van der Waals surface area contributed by atoms with E-state index in [1.807, 2.05) is 30.3 Å². The molecule has 1 amide bonds. The average molecular weight is 434 g/mol. The van der Waals surface area contributed by atoms with Gasteiger partial charge in [0, 0.05) is 6.42 Å². The van der Waals surface area contributed by atoms with Gasteiger partial charge in [-0.2, -0.15) is 0 Å². The summed E-state index contributed by atoms with van der Waals surface area (Å²) in [6.45, 7) is 4.36. The minimum absolute atomic E-state index is 0.0446. The van der Waals surface area contributed by atoms with Crippen molar-refractivity contribution < 1.29 is 33.7 Å². The fourth-order valence-electron chi connectivity index (χ4n) is 4.09. The van der Waals surface area contributed by atoms with Gasteiger partial charge < -0.3 is 24.2 Å². The third kappa shape index (κ3) is 5.61. The Labute approximate surface area is 181 Å². The van der Waals surface area contributed by atoms with Crippen molar-refractivity contribution in [1.82, 2.24) is 10.2 Å². The molecular formula is C22H30N2O7. The number of carbonyl (C=O) groups is 3. The zero-order valence-corrected chi connectivity index (χ0v) is 17.9. The summed E-state index contributed by atoms with van der Waals surface area (Å²) in [7, 11) is 0. The molecule has 9 heteroatoms. The lowest BCUT2D eigenvalue weighted by atomic mass is 10.0. The first-order chi connectivity index (χ1) is 14.8. The van der Waals surface area contributed by atoms with Crippen LogP contribution in [-0.4, -0.2) is 78.1 Å². The van der Waals surface area contributed by atoms with Gasteiger partial charge in [-0.1, -0.05) is 30.3 Å². The average Bonchev–Trinajstić information content (AvgIpc) is 3.38. The first-order valence-electron chi connectivity index (χ1n) is 10.6. The van der Waals surface area contributed by atoms with E-state index in [1.165, 1.54) is 4.90 Å². The van der Waals surface area contributed by atoms with Crippen LogP contribution >= 0.6 is 0 Å². The molecule has 170 valence electrons. The molecule has 2 N–H and O–H groups in total. The maximum Gasteiger partial charge on any atom is 0.326 e. The van der Waals surface area contributed by atoms with E-state index in [0.717, 1.165) is 5.56 Å². The van der Waals surface area contributed by atoms with Gasteiger partial charge in [0.05, 0.1) is 32.4 Å². The Kier molecular flexibility index (Phi) is 7.64. The maximum absolute atomic E-state index is 13.1. The van der Waals surface area contributed by atoms with E-state index in [0.29, 0.717) is 26.1 Å². The first kappa shape index (κ1) is 23.2. The van der Waals surface area contributed by atoms with Gasteiger partial charge in [0.15, 0.2) is 5.79 Å². The van der Waals surface area contributed by atoms with Crippen molar-refractivity contribution in [2.24, 2.45) is 0 Å². The molecule has 2 aliphatic rings. The number of carboxylic acids is 1. The monoisotopic (exact) mass is 434 g/mol. The molecule has 3 atom stereocenters. The number of esters is 1. The maximum atomic E-state index is 13.1. The topological polar surface area (TPSA) is 114 Å². The summed E-state index contributed by atoms with van der Waals surface area (Å²) >= 11 is 0. The second-order valence-corrected chi connectivity index (χ2v) is 7.85. The van der Waals surface area contributed by atoms with Gasteiger partial charge in [0.2, 0.25) is 5.91 Å². The number of amides is 1. The Morgan fingerprint density at radius 3 is 2.55 bits per heavy atom. The second kappa shape index (κ2) is 10.2. The minimum atomic E-state index is -1.11. The van der Waals surface area contributed by atoms with E-state index in [9.17, 15) is 19.5 Å². The number of rotatable bonds is 9. The number of ether oxygens (including phenoxy) is 3. The molecule has 1 aromatic rings. The number of nitrogens with zero attached hydrogens (tertiary/aromatic N) is 1. The number of hydrogen-bond acceptors (Lipinski definition) is 7. The van der Waals surface area contributed by atoms with Gasteiger partial charge in [0.25, 0.3) is 0 Å². The Bertz CT molecular complexity index is 779. The molecule has 1 aromatic carbocycles. The van der Waals surface area contributed by atoms with Crippen molar-refractivity contribution in [3.8, 4) is 0 Å². The Hall–Kier alpha value is -2.49. The van der Waals surface area contributed by atoms with Gasteiger partial charge in [-0.3, -0.25) is 14.9 Å². The molecule has 2 heterocycles. The number of aliphatic carboxylic acids is 1. The van der Waals surface area contributed by atoms with Crippen molar-refractivity contribution in [1.29, 1.82) is 0 Å². The molecule has 1 spiro atoms. The number of nitrogens with one attached hydrogen (secondary N) is 1. The van der Waals surface area contributed by atoms with Crippen LogP contribution in [0.3, 0.4) is 0 Å². The lowest BCUT2D eigenvalue weighted by molar-refractivity contribution is -0.154. The molecule has 0 aromatic heterocycles. The van der Waals surface area contributed by atoms with Gasteiger partial charge >= 0.3 is 11.9 Å². The smallest absolute Gasteiger partial charge is 0.326 e. The lowest BCUT2D eigenvalue weighted by Crippen LogP contribution is -2.53. The van der Waals surface area contributed by atoms with E-state index < -0.39 is 41.8 Å². The number of likely N-dealkylation sites (tertiary alicyclic amines) is 1. The van der Waals surface area contributed by atoms with Gasteiger partial charge in [0.1, 0.15) is 12.1 Å². The molecule has 0 aliphatic carbocycles. The molecule has 31 heavy (non-hydrogen) atoms. The van der Waals surface area contributed by atoms with Crippen LogP contribution < -0.4 is 5.32 Å². The first-order valence-corrected chi connectivity index (χ1v) is 10.6. The summed E-state index contributed by atoms with van der Waals surface area (Å²) in [4.78, 5) is 38.6. The zero-order chi connectivity index (χ0) is 22.4. The third-order valence-electron chi connectivity index (χ3n) is 5.63.